The van der Waals surface area contributed by atoms with Crippen molar-refractivity contribution < 1.29 is 9.53 Å². The Hall–Kier alpha value is -1.90. The normalized spacial score (nSPS) is 10.8. The molecule has 0 N–H and O–H groups in total. The maximum atomic E-state index is 11.7. The molecule has 0 saturated heterocycles. The van der Waals surface area contributed by atoms with Crippen molar-refractivity contribution in [2.24, 2.45) is 0 Å². The van der Waals surface area contributed by atoms with Gasteiger partial charge >= 0.3 is 5.97 Å². The zero-order chi connectivity index (χ0) is 12.4. The number of rotatable bonds is 2. The van der Waals surface area contributed by atoms with Crippen molar-refractivity contribution >= 4 is 16.9 Å². The van der Waals surface area contributed by atoms with E-state index in [0.29, 0.717) is 5.69 Å². The van der Waals surface area contributed by atoms with E-state index < -0.39 is 0 Å². The summed E-state index contributed by atoms with van der Waals surface area (Å²) in [5, 5.41) is 1.06. The van der Waals surface area contributed by atoms with Crippen LogP contribution in [0.2, 0.25) is 0 Å². The molecular weight excluding hydrogens is 214 g/mol. The standard InChI is InChI=1S/C14H15NO2/c1-9(2)17-14(16)13-8-7-11-10(3)5-4-6-12(11)15-13/h4-9H,1-3H3. The average Bonchev–Trinajstić information content (AvgIpc) is 2.28. The Morgan fingerprint density at radius 2 is 2.00 bits per heavy atom. The summed E-state index contributed by atoms with van der Waals surface area (Å²) in [6.45, 7) is 5.67. The lowest BCUT2D eigenvalue weighted by molar-refractivity contribution is 0.0371. The smallest absolute Gasteiger partial charge is 0.357 e. The van der Waals surface area contributed by atoms with E-state index in [4.69, 9.17) is 4.74 Å². The number of benzene rings is 1. The second kappa shape index (κ2) is 4.53. The second-order valence-corrected chi connectivity index (χ2v) is 4.29. The van der Waals surface area contributed by atoms with Gasteiger partial charge in [0.1, 0.15) is 5.69 Å². The van der Waals surface area contributed by atoms with Crippen LogP contribution in [0.15, 0.2) is 30.3 Å². The van der Waals surface area contributed by atoms with E-state index in [-0.39, 0.29) is 12.1 Å². The third kappa shape index (κ3) is 2.44. The molecule has 0 aliphatic carbocycles. The van der Waals surface area contributed by atoms with Crippen LogP contribution in [0.4, 0.5) is 0 Å². The second-order valence-electron chi connectivity index (χ2n) is 4.29. The Morgan fingerprint density at radius 1 is 1.24 bits per heavy atom. The summed E-state index contributed by atoms with van der Waals surface area (Å²) in [5.41, 5.74) is 2.33. The highest BCUT2D eigenvalue weighted by Crippen LogP contribution is 2.17. The largest absolute Gasteiger partial charge is 0.458 e. The molecule has 0 atom stereocenters. The molecular formula is C14H15NO2. The summed E-state index contributed by atoms with van der Waals surface area (Å²) < 4.78 is 5.11. The maximum absolute atomic E-state index is 11.7. The Labute approximate surface area is 100 Å². The molecule has 1 aromatic carbocycles. The van der Waals surface area contributed by atoms with E-state index >= 15 is 0 Å². The van der Waals surface area contributed by atoms with E-state index in [0.717, 1.165) is 16.5 Å². The van der Waals surface area contributed by atoms with Crippen molar-refractivity contribution in [3.8, 4) is 0 Å². The minimum absolute atomic E-state index is 0.127. The highest BCUT2D eigenvalue weighted by Gasteiger charge is 2.11. The molecule has 2 rings (SSSR count). The minimum Gasteiger partial charge on any atom is -0.458 e. The van der Waals surface area contributed by atoms with Gasteiger partial charge in [-0.25, -0.2) is 9.78 Å². The number of aryl methyl sites for hydroxylation is 1. The summed E-state index contributed by atoms with van der Waals surface area (Å²) >= 11 is 0. The van der Waals surface area contributed by atoms with Crippen LogP contribution in [0.3, 0.4) is 0 Å². The molecule has 0 radical (unpaired) electrons. The molecule has 1 aromatic heterocycles. The lowest BCUT2D eigenvalue weighted by Crippen LogP contribution is -2.13. The van der Waals surface area contributed by atoms with Crippen LogP contribution < -0.4 is 0 Å². The predicted molar refractivity (Wildman–Crippen MR) is 67.0 cm³/mol. The number of carbonyl (C=O) groups excluding carboxylic acids is 1. The van der Waals surface area contributed by atoms with Crippen LogP contribution >= 0.6 is 0 Å². The molecule has 0 aliphatic heterocycles. The SMILES string of the molecule is Cc1cccc2nc(C(=O)OC(C)C)ccc12. The fourth-order valence-electron chi connectivity index (χ4n) is 1.70. The Kier molecular flexibility index (Phi) is 3.09. The van der Waals surface area contributed by atoms with E-state index in [9.17, 15) is 4.79 Å². The van der Waals surface area contributed by atoms with Crippen molar-refractivity contribution in [2.75, 3.05) is 0 Å². The number of esters is 1. The number of pyridine rings is 1. The number of fused-ring (bicyclic) bond motifs is 1. The molecule has 0 spiro atoms. The van der Waals surface area contributed by atoms with Crippen molar-refractivity contribution in [3.05, 3.63) is 41.6 Å². The molecule has 0 bridgehead atoms. The quantitative estimate of drug-likeness (QED) is 0.743. The van der Waals surface area contributed by atoms with Gasteiger partial charge in [-0.2, -0.15) is 0 Å². The van der Waals surface area contributed by atoms with Crippen LogP contribution in [0.5, 0.6) is 0 Å². The van der Waals surface area contributed by atoms with E-state index in [2.05, 4.69) is 4.98 Å². The van der Waals surface area contributed by atoms with Gasteiger partial charge in [0, 0.05) is 5.39 Å². The molecule has 2 aromatic rings. The molecule has 3 heteroatoms. The molecule has 88 valence electrons. The fraction of sp³-hybridized carbons (Fsp3) is 0.286. The number of ether oxygens (including phenoxy) is 1. The third-order valence-electron chi connectivity index (χ3n) is 2.50. The Morgan fingerprint density at radius 3 is 2.71 bits per heavy atom. The van der Waals surface area contributed by atoms with Gasteiger partial charge in [0.25, 0.3) is 0 Å². The first kappa shape index (κ1) is 11.6. The molecule has 1 heterocycles. The van der Waals surface area contributed by atoms with Gasteiger partial charge in [-0.3, -0.25) is 0 Å². The lowest BCUT2D eigenvalue weighted by atomic mass is 10.1. The summed E-state index contributed by atoms with van der Waals surface area (Å²) in [5.74, 6) is -0.372. The number of hydrogen-bond acceptors (Lipinski definition) is 3. The third-order valence-corrected chi connectivity index (χ3v) is 2.50. The van der Waals surface area contributed by atoms with Gasteiger partial charge in [-0.15, -0.1) is 0 Å². The zero-order valence-electron chi connectivity index (χ0n) is 10.2. The van der Waals surface area contributed by atoms with Crippen LogP contribution in [-0.2, 0) is 4.74 Å². The first-order valence-corrected chi connectivity index (χ1v) is 5.65. The Balaban J connectivity index is 2.42. The van der Waals surface area contributed by atoms with Gasteiger partial charge in [0.05, 0.1) is 11.6 Å². The van der Waals surface area contributed by atoms with Gasteiger partial charge in [-0.1, -0.05) is 18.2 Å². The molecule has 17 heavy (non-hydrogen) atoms. The van der Waals surface area contributed by atoms with Gasteiger partial charge in [0.15, 0.2) is 0 Å². The average molecular weight is 229 g/mol. The molecule has 0 amide bonds. The molecule has 0 aliphatic rings. The first-order valence-electron chi connectivity index (χ1n) is 5.65. The molecule has 0 saturated carbocycles. The van der Waals surface area contributed by atoms with Crippen LogP contribution in [0, 0.1) is 6.92 Å². The van der Waals surface area contributed by atoms with E-state index in [1.54, 1.807) is 6.07 Å². The number of hydrogen-bond donors (Lipinski definition) is 0. The monoisotopic (exact) mass is 229 g/mol. The minimum atomic E-state index is -0.372. The lowest BCUT2D eigenvalue weighted by Gasteiger charge is -2.08. The summed E-state index contributed by atoms with van der Waals surface area (Å²) in [6, 6.07) is 9.47. The highest BCUT2D eigenvalue weighted by atomic mass is 16.5. The molecule has 0 unspecified atom stereocenters. The molecule has 3 nitrogen and oxygen atoms in total. The first-order chi connectivity index (χ1) is 8.08. The van der Waals surface area contributed by atoms with Crippen molar-refractivity contribution in [1.29, 1.82) is 0 Å². The summed E-state index contributed by atoms with van der Waals surface area (Å²) in [7, 11) is 0. The van der Waals surface area contributed by atoms with Crippen molar-refractivity contribution in [3.63, 3.8) is 0 Å². The maximum Gasteiger partial charge on any atom is 0.357 e. The van der Waals surface area contributed by atoms with Crippen molar-refractivity contribution in [1.82, 2.24) is 4.98 Å². The van der Waals surface area contributed by atoms with Crippen molar-refractivity contribution in [2.45, 2.75) is 26.9 Å². The van der Waals surface area contributed by atoms with E-state index in [1.165, 1.54) is 0 Å². The number of aromatic nitrogens is 1. The van der Waals surface area contributed by atoms with Gasteiger partial charge in [0.2, 0.25) is 0 Å². The van der Waals surface area contributed by atoms with Crippen LogP contribution in [-0.4, -0.2) is 17.1 Å². The Bertz CT molecular complexity index is 561. The predicted octanol–water partition coefficient (Wildman–Crippen LogP) is 3.11. The van der Waals surface area contributed by atoms with Gasteiger partial charge in [-0.05, 0) is 38.5 Å². The fourth-order valence-corrected chi connectivity index (χ4v) is 1.70. The van der Waals surface area contributed by atoms with Gasteiger partial charge < -0.3 is 4.74 Å². The topological polar surface area (TPSA) is 39.2 Å². The highest BCUT2D eigenvalue weighted by molar-refractivity contribution is 5.91. The number of carbonyl (C=O) groups is 1. The van der Waals surface area contributed by atoms with Crippen LogP contribution in [0.1, 0.15) is 29.9 Å². The molecule has 0 fully saturated rings. The van der Waals surface area contributed by atoms with E-state index in [1.807, 2.05) is 45.0 Å². The van der Waals surface area contributed by atoms with Crippen LogP contribution in [0.25, 0.3) is 10.9 Å². The number of nitrogens with zero attached hydrogens (tertiary/aromatic N) is 1. The zero-order valence-corrected chi connectivity index (χ0v) is 10.2. The summed E-state index contributed by atoms with van der Waals surface area (Å²) in [4.78, 5) is 16.0. The summed E-state index contributed by atoms with van der Waals surface area (Å²) in [6.07, 6.45) is -0.127.